The van der Waals surface area contributed by atoms with Gasteiger partial charge in [-0.1, -0.05) is 26.7 Å². The van der Waals surface area contributed by atoms with E-state index in [-0.39, 0.29) is 5.54 Å². The average molecular weight is 268 g/mol. The quantitative estimate of drug-likeness (QED) is 0.848. The number of hydrogen-bond donors (Lipinski definition) is 1. The molecule has 0 bridgehead atoms. The molecule has 1 unspecified atom stereocenters. The number of nitrogens with one attached hydrogen (secondary N) is 1. The Morgan fingerprint density at radius 3 is 2.47 bits per heavy atom. The zero-order valence-electron chi connectivity index (χ0n) is 13.5. The van der Waals surface area contributed by atoms with Crippen molar-refractivity contribution in [3.8, 4) is 0 Å². The number of hydrogen-bond acceptors (Lipinski definition) is 3. The van der Waals surface area contributed by atoms with E-state index in [0.717, 1.165) is 13.2 Å². The van der Waals surface area contributed by atoms with Gasteiger partial charge in [0.25, 0.3) is 0 Å². The van der Waals surface area contributed by atoms with Crippen LogP contribution in [0.15, 0.2) is 0 Å². The molecule has 19 heavy (non-hydrogen) atoms. The molecule has 1 aliphatic heterocycles. The van der Waals surface area contributed by atoms with E-state index in [2.05, 4.69) is 37.9 Å². The Kier molecular flexibility index (Phi) is 4.59. The number of piperazine rings is 1. The van der Waals surface area contributed by atoms with E-state index < -0.39 is 0 Å². The van der Waals surface area contributed by atoms with Crippen molar-refractivity contribution in [2.75, 3.05) is 26.8 Å². The van der Waals surface area contributed by atoms with E-state index in [4.69, 9.17) is 4.74 Å². The summed E-state index contributed by atoms with van der Waals surface area (Å²) in [7, 11) is 1.82. The molecular formula is C16H32N2O. The minimum absolute atomic E-state index is 0.126. The van der Waals surface area contributed by atoms with Gasteiger partial charge in [0.05, 0.1) is 6.61 Å². The van der Waals surface area contributed by atoms with E-state index in [1.807, 2.05) is 7.11 Å². The summed E-state index contributed by atoms with van der Waals surface area (Å²) in [6, 6.07) is 0.622. The van der Waals surface area contributed by atoms with Gasteiger partial charge in [0.2, 0.25) is 0 Å². The van der Waals surface area contributed by atoms with Crippen molar-refractivity contribution in [2.24, 2.45) is 5.92 Å². The van der Waals surface area contributed by atoms with Gasteiger partial charge < -0.3 is 10.1 Å². The van der Waals surface area contributed by atoms with Crippen LogP contribution in [0.25, 0.3) is 0 Å². The molecule has 2 aliphatic rings. The SMILES string of the molecule is COCC(C)(C)N1CC2(CCCC2)NCC1C(C)C. The predicted octanol–water partition coefficient (Wildman–Crippen LogP) is 2.65. The van der Waals surface area contributed by atoms with E-state index in [1.165, 1.54) is 32.2 Å². The molecule has 0 radical (unpaired) electrons. The molecule has 0 aromatic rings. The summed E-state index contributed by atoms with van der Waals surface area (Å²) in [5.74, 6) is 0.683. The molecule has 0 aromatic carbocycles. The molecule has 2 fully saturated rings. The molecule has 0 aromatic heterocycles. The first-order chi connectivity index (χ1) is 8.90. The Morgan fingerprint density at radius 1 is 1.32 bits per heavy atom. The van der Waals surface area contributed by atoms with Crippen LogP contribution < -0.4 is 5.32 Å². The lowest BCUT2D eigenvalue weighted by molar-refractivity contribution is -0.0485. The third-order valence-electron chi connectivity index (χ3n) is 5.16. The summed E-state index contributed by atoms with van der Waals surface area (Å²) in [4.78, 5) is 2.73. The summed E-state index contributed by atoms with van der Waals surface area (Å²) in [6.45, 7) is 12.5. The van der Waals surface area contributed by atoms with Gasteiger partial charge in [-0.05, 0) is 32.6 Å². The van der Waals surface area contributed by atoms with E-state index in [9.17, 15) is 0 Å². The molecule has 1 saturated carbocycles. The lowest BCUT2D eigenvalue weighted by Gasteiger charge is -2.54. The summed E-state index contributed by atoms with van der Waals surface area (Å²) in [5, 5.41) is 3.89. The van der Waals surface area contributed by atoms with Crippen molar-refractivity contribution < 1.29 is 4.74 Å². The van der Waals surface area contributed by atoms with Crippen LogP contribution >= 0.6 is 0 Å². The van der Waals surface area contributed by atoms with Gasteiger partial charge in [-0.2, -0.15) is 0 Å². The fourth-order valence-corrected chi connectivity index (χ4v) is 4.01. The van der Waals surface area contributed by atoms with Crippen molar-refractivity contribution >= 4 is 0 Å². The van der Waals surface area contributed by atoms with Crippen molar-refractivity contribution in [1.29, 1.82) is 0 Å². The Balaban J connectivity index is 2.17. The molecule has 0 amide bonds. The van der Waals surface area contributed by atoms with Crippen LogP contribution in [0, 0.1) is 5.92 Å². The second kappa shape index (κ2) is 5.71. The maximum Gasteiger partial charge on any atom is 0.0641 e. The largest absolute Gasteiger partial charge is 0.383 e. The lowest BCUT2D eigenvalue weighted by Crippen LogP contribution is -2.69. The second-order valence-corrected chi connectivity index (χ2v) is 7.55. The van der Waals surface area contributed by atoms with Gasteiger partial charge in [0, 0.05) is 37.3 Å². The minimum atomic E-state index is 0.126. The fraction of sp³-hybridized carbons (Fsp3) is 1.00. The second-order valence-electron chi connectivity index (χ2n) is 7.55. The molecule has 1 N–H and O–H groups in total. The number of nitrogens with zero attached hydrogens (tertiary/aromatic N) is 1. The summed E-state index contributed by atoms with van der Waals surface area (Å²) >= 11 is 0. The standard InChI is InChI=1S/C16H32N2O/c1-13(2)14-10-17-16(8-6-7-9-16)11-18(14)15(3,4)12-19-5/h13-14,17H,6-12H2,1-5H3. The first kappa shape index (κ1) is 15.3. The smallest absolute Gasteiger partial charge is 0.0641 e. The maximum absolute atomic E-state index is 5.48. The van der Waals surface area contributed by atoms with Gasteiger partial charge in [-0.3, -0.25) is 4.90 Å². The van der Waals surface area contributed by atoms with Crippen molar-refractivity contribution in [3.63, 3.8) is 0 Å². The monoisotopic (exact) mass is 268 g/mol. The topological polar surface area (TPSA) is 24.5 Å². The molecule has 3 nitrogen and oxygen atoms in total. The first-order valence-electron chi connectivity index (χ1n) is 7.91. The molecule has 1 atom stereocenters. The Hall–Kier alpha value is -0.120. The normalized spacial score (nSPS) is 28.4. The van der Waals surface area contributed by atoms with Gasteiger partial charge in [-0.15, -0.1) is 0 Å². The third kappa shape index (κ3) is 3.14. The van der Waals surface area contributed by atoms with Crippen molar-refractivity contribution in [3.05, 3.63) is 0 Å². The molecule has 1 heterocycles. The summed E-state index contributed by atoms with van der Waals surface area (Å²) in [6.07, 6.45) is 5.46. The highest BCUT2D eigenvalue weighted by Crippen LogP contribution is 2.37. The number of methoxy groups -OCH3 is 1. The zero-order valence-corrected chi connectivity index (χ0v) is 13.5. The molecule has 1 saturated heterocycles. The van der Waals surface area contributed by atoms with Crippen LogP contribution in [-0.4, -0.2) is 48.8 Å². The van der Waals surface area contributed by atoms with E-state index in [0.29, 0.717) is 17.5 Å². The van der Waals surface area contributed by atoms with Crippen molar-refractivity contribution in [1.82, 2.24) is 10.2 Å². The van der Waals surface area contributed by atoms with Gasteiger partial charge in [0.15, 0.2) is 0 Å². The molecule has 1 aliphatic carbocycles. The van der Waals surface area contributed by atoms with Crippen LogP contribution in [-0.2, 0) is 4.74 Å². The van der Waals surface area contributed by atoms with Gasteiger partial charge in [-0.25, -0.2) is 0 Å². The number of ether oxygens (including phenoxy) is 1. The highest BCUT2D eigenvalue weighted by Gasteiger charge is 2.46. The van der Waals surface area contributed by atoms with Crippen molar-refractivity contribution in [2.45, 2.75) is 70.5 Å². The van der Waals surface area contributed by atoms with Crippen LogP contribution in [0.2, 0.25) is 0 Å². The molecule has 112 valence electrons. The molecular weight excluding hydrogens is 236 g/mol. The number of rotatable bonds is 4. The van der Waals surface area contributed by atoms with Gasteiger partial charge >= 0.3 is 0 Å². The maximum atomic E-state index is 5.48. The van der Waals surface area contributed by atoms with E-state index >= 15 is 0 Å². The molecule has 3 heteroatoms. The zero-order chi connectivity index (χ0) is 14.1. The highest BCUT2D eigenvalue weighted by atomic mass is 16.5. The summed E-state index contributed by atoms with van der Waals surface area (Å²) < 4.78 is 5.48. The molecule has 2 rings (SSSR count). The summed E-state index contributed by atoms with van der Waals surface area (Å²) in [5.41, 5.74) is 0.512. The first-order valence-corrected chi connectivity index (χ1v) is 7.91. The van der Waals surface area contributed by atoms with Crippen LogP contribution in [0.3, 0.4) is 0 Å². The van der Waals surface area contributed by atoms with Gasteiger partial charge in [0.1, 0.15) is 0 Å². The average Bonchev–Trinajstić information content (AvgIpc) is 2.77. The van der Waals surface area contributed by atoms with Crippen LogP contribution in [0.5, 0.6) is 0 Å². The minimum Gasteiger partial charge on any atom is -0.383 e. The Morgan fingerprint density at radius 2 is 1.95 bits per heavy atom. The Labute approximate surface area is 119 Å². The third-order valence-corrected chi connectivity index (χ3v) is 5.16. The fourth-order valence-electron chi connectivity index (χ4n) is 4.01. The van der Waals surface area contributed by atoms with Crippen LogP contribution in [0.4, 0.5) is 0 Å². The molecule has 1 spiro atoms. The lowest BCUT2D eigenvalue weighted by atomic mass is 9.85. The predicted molar refractivity (Wildman–Crippen MR) is 80.5 cm³/mol. The highest BCUT2D eigenvalue weighted by molar-refractivity contribution is 5.04. The van der Waals surface area contributed by atoms with E-state index in [1.54, 1.807) is 0 Å². The Bertz CT molecular complexity index is 295. The van der Waals surface area contributed by atoms with Crippen LogP contribution in [0.1, 0.15) is 53.4 Å².